The lowest BCUT2D eigenvalue weighted by Gasteiger charge is -2.18. The third-order valence-electron chi connectivity index (χ3n) is 3.94. The standard InChI is InChI=1S/C18H22ClN/c1-12-5-6-15(9-13(12)2)11-18(20-4)16-7-8-17(19)14(3)10-16/h5-10,18,20H,11H2,1-4H3. The van der Waals surface area contributed by atoms with E-state index in [1.165, 1.54) is 22.3 Å². The van der Waals surface area contributed by atoms with Gasteiger partial charge in [-0.15, -0.1) is 0 Å². The Balaban J connectivity index is 2.23. The molecule has 106 valence electrons. The predicted octanol–water partition coefficient (Wildman–Crippen LogP) is 4.77. The molecule has 2 heteroatoms. The van der Waals surface area contributed by atoms with E-state index in [9.17, 15) is 0 Å². The molecule has 2 aromatic rings. The van der Waals surface area contributed by atoms with Gasteiger partial charge in [0.05, 0.1) is 0 Å². The van der Waals surface area contributed by atoms with E-state index in [0.29, 0.717) is 6.04 Å². The number of halogens is 1. The van der Waals surface area contributed by atoms with Crippen molar-refractivity contribution in [1.29, 1.82) is 0 Å². The lowest BCUT2D eigenvalue weighted by Crippen LogP contribution is -2.19. The fourth-order valence-electron chi connectivity index (χ4n) is 2.44. The van der Waals surface area contributed by atoms with Crippen molar-refractivity contribution in [1.82, 2.24) is 5.32 Å². The fraction of sp³-hybridized carbons (Fsp3) is 0.333. The lowest BCUT2D eigenvalue weighted by molar-refractivity contribution is 0.591. The lowest BCUT2D eigenvalue weighted by atomic mass is 9.96. The Morgan fingerprint density at radius 1 is 0.950 bits per heavy atom. The molecule has 2 rings (SSSR count). The van der Waals surface area contributed by atoms with Gasteiger partial charge in [0.25, 0.3) is 0 Å². The van der Waals surface area contributed by atoms with Crippen LogP contribution in [0.3, 0.4) is 0 Å². The number of hydrogen-bond donors (Lipinski definition) is 1. The maximum atomic E-state index is 6.11. The molecule has 1 atom stereocenters. The monoisotopic (exact) mass is 287 g/mol. The molecular weight excluding hydrogens is 266 g/mol. The summed E-state index contributed by atoms with van der Waals surface area (Å²) in [5.74, 6) is 0. The molecule has 0 aliphatic rings. The van der Waals surface area contributed by atoms with Gasteiger partial charge in [0.1, 0.15) is 0 Å². The summed E-state index contributed by atoms with van der Waals surface area (Å²) < 4.78 is 0. The molecule has 20 heavy (non-hydrogen) atoms. The van der Waals surface area contributed by atoms with E-state index >= 15 is 0 Å². The first-order valence-electron chi connectivity index (χ1n) is 7.00. The first kappa shape index (κ1) is 15.1. The molecule has 0 amide bonds. The van der Waals surface area contributed by atoms with E-state index in [-0.39, 0.29) is 0 Å². The van der Waals surface area contributed by atoms with Gasteiger partial charge in [0.2, 0.25) is 0 Å². The smallest absolute Gasteiger partial charge is 0.0435 e. The van der Waals surface area contributed by atoms with Crippen molar-refractivity contribution in [3.63, 3.8) is 0 Å². The van der Waals surface area contributed by atoms with Crippen LogP contribution < -0.4 is 5.32 Å². The van der Waals surface area contributed by atoms with Crippen LogP contribution in [0.1, 0.15) is 33.9 Å². The minimum absolute atomic E-state index is 0.313. The molecule has 0 spiro atoms. The molecule has 2 aromatic carbocycles. The maximum Gasteiger partial charge on any atom is 0.0435 e. The Hall–Kier alpha value is -1.31. The number of nitrogens with one attached hydrogen (secondary N) is 1. The molecule has 0 fully saturated rings. The molecular formula is C18H22ClN. The second kappa shape index (κ2) is 6.43. The highest BCUT2D eigenvalue weighted by atomic mass is 35.5. The average Bonchev–Trinajstić information content (AvgIpc) is 2.43. The van der Waals surface area contributed by atoms with Crippen LogP contribution in [-0.2, 0) is 6.42 Å². The molecule has 0 saturated carbocycles. The van der Waals surface area contributed by atoms with E-state index in [4.69, 9.17) is 11.6 Å². The van der Waals surface area contributed by atoms with Crippen molar-refractivity contribution in [2.45, 2.75) is 33.2 Å². The normalized spacial score (nSPS) is 12.4. The first-order chi connectivity index (χ1) is 9.51. The Labute approximate surface area is 127 Å². The van der Waals surface area contributed by atoms with Crippen molar-refractivity contribution in [2.24, 2.45) is 0 Å². The molecule has 0 aliphatic carbocycles. The van der Waals surface area contributed by atoms with E-state index in [2.05, 4.69) is 56.4 Å². The molecule has 1 nitrogen and oxygen atoms in total. The van der Waals surface area contributed by atoms with Gasteiger partial charge < -0.3 is 5.32 Å². The minimum atomic E-state index is 0.313. The first-order valence-corrected chi connectivity index (χ1v) is 7.38. The number of likely N-dealkylation sites (N-methyl/N-ethyl adjacent to an activating group) is 1. The number of benzene rings is 2. The van der Waals surface area contributed by atoms with Crippen LogP contribution in [0.4, 0.5) is 0 Å². The number of aryl methyl sites for hydroxylation is 3. The van der Waals surface area contributed by atoms with Crippen molar-refractivity contribution in [3.8, 4) is 0 Å². The Bertz CT molecular complexity index is 604. The van der Waals surface area contributed by atoms with Crippen molar-refractivity contribution in [2.75, 3.05) is 7.05 Å². The van der Waals surface area contributed by atoms with E-state index in [0.717, 1.165) is 17.0 Å². The van der Waals surface area contributed by atoms with Gasteiger partial charge in [-0.25, -0.2) is 0 Å². The van der Waals surface area contributed by atoms with E-state index in [1.807, 2.05) is 13.1 Å². The van der Waals surface area contributed by atoms with Gasteiger partial charge in [-0.1, -0.05) is 41.9 Å². The zero-order valence-corrected chi connectivity index (χ0v) is 13.4. The maximum absolute atomic E-state index is 6.11. The van der Waals surface area contributed by atoms with Crippen molar-refractivity contribution < 1.29 is 0 Å². The van der Waals surface area contributed by atoms with Gasteiger partial charge in [-0.2, -0.15) is 0 Å². The van der Waals surface area contributed by atoms with Crippen LogP contribution in [0.5, 0.6) is 0 Å². The molecule has 0 saturated heterocycles. The van der Waals surface area contributed by atoms with Crippen molar-refractivity contribution >= 4 is 11.6 Å². The van der Waals surface area contributed by atoms with Gasteiger partial charge in [0, 0.05) is 11.1 Å². The van der Waals surface area contributed by atoms with Gasteiger partial charge in [-0.3, -0.25) is 0 Å². The van der Waals surface area contributed by atoms with Gasteiger partial charge in [0.15, 0.2) is 0 Å². The average molecular weight is 288 g/mol. The molecule has 0 heterocycles. The van der Waals surface area contributed by atoms with Crippen LogP contribution in [0.25, 0.3) is 0 Å². The zero-order valence-electron chi connectivity index (χ0n) is 12.6. The summed E-state index contributed by atoms with van der Waals surface area (Å²) in [6, 6.07) is 13.3. The summed E-state index contributed by atoms with van der Waals surface area (Å²) in [5, 5.41) is 4.23. The topological polar surface area (TPSA) is 12.0 Å². The summed E-state index contributed by atoms with van der Waals surface area (Å²) >= 11 is 6.11. The molecule has 0 aromatic heterocycles. The third-order valence-corrected chi connectivity index (χ3v) is 4.37. The summed E-state index contributed by atoms with van der Waals surface area (Å²) in [4.78, 5) is 0. The predicted molar refractivity (Wildman–Crippen MR) is 87.6 cm³/mol. The second-order valence-corrected chi connectivity index (χ2v) is 5.88. The number of rotatable bonds is 4. The van der Waals surface area contributed by atoms with Crippen LogP contribution in [0.2, 0.25) is 5.02 Å². The van der Waals surface area contributed by atoms with Gasteiger partial charge in [-0.05, 0) is 68.1 Å². The van der Waals surface area contributed by atoms with Crippen molar-refractivity contribution in [3.05, 3.63) is 69.2 Å². The second-order valence-electron chi connectivity index (χ2n) is 5.47. The van der Waals surface area contributed by atoms with E-state index < -0.39 is 0 Å². The highest BCUT2D eigenvalue weighted by molar-refractivity contribution is 6.31. The Kier molecular flexibility index (Phi) is 4.85. The highest BCUT2D eigenvalue weighted by Crippen LogP contribution is 2.24. The zero-order chi connectivity index (χ0) is 14.7. The van der Waals surface area contributed by atoms with Gasteiger partial charge >= 0.3 is 0 Å². The molecule has 0 radical (unpaired) electrons. The van der Waals surface area contributed by atoms with Crippen LogP contribution in [-0.4, -0.2) is 7.05 Å². The third kappa shape index (κ3) is 3.41. The molecule has 0 bridgehead atoms. The Morgan fingerprint density at radius 3 is 2.30 bits per heavy atom. The van der Waals surface area contributed by atoms with Crippen LogP contribution in [0.15, 0.2) is 36.4 Å². The largest absolute Gasteiger partial charge is 0.313 e. The Morgan fingerprint density at radius 2 is 1.70 bits per heavy atom. The van der Waals surface area contributed by atoms with Crippen LogP contribution in [0, 0.1) is 20.8 Å². The quantitative estimate of drug-likeness (QED) is 0.854. The van der Waals surface area contributed by atoms with E-state index in [1.54, 1.807) is 0 Å². The molecule has 0 aliphatic heterocycles. The summed E-state index contributed by atoms with van der Waals surface area (Å²) in [6.45, 7) is 6.37. The summed E-state index contributed by atoms with van der Waals surface area (Å²) in [6.07, 6.45) is 0.985. The highest BCUT2D eigenvalue weighted by Gasteiger charge is 2.11. The molecule has 1 unspecified atom stereocenters. The minimum Gasteiger partial charge on any atom is -0.313 e. The van der Waals surface area contributed by atoms with Crippen LogP contribution >= 0.6 is 11.6 Å². The SMILES string of the molecule is CNC(Cc1ccc(C)c(C)c1)c1ccc(Cl)c(C)c1. The number of hydrogen-bond acceptors (Lipinski definition) is 1. The molecule has 1 N–H and O–H groups in total. The fourth-order valence-corrected chi connectivity index (χ4v) is 2.55. The summed E-state index contributed by atoms with van der Waals surface area (Å²) in [7, 11) is 2.01. The summed E-state index contributed by atoms with van der Waals surface area (Å²) in [5.41, 5.74) is 6.47.